The molecule has 0 saturated carbocycles. The van der Waals surface area contributed by atoms with E-state index in [0.717, 1.165) is 22.6 Å². The standard InChI is InChI=1S/C18H22ClNO3/c1-12(20-14-6-4-13(5-7-14)8-9-21)15-10-16(19)18(23-3)11-17(15)22-2/h4-7,10-12,20-21H,8-9H2,1-3H3. The highest BCUT2D eigenvalue weighted by Gasteiger charge is 2.15. The molecule has 0 heterocycles. The zero-order valence-electron chi connectivity index (χ0n) is 13.6. The van der Waals surface area contributed by atoms with Crippen molar-refractivity contribution in [1.29, 1.82) is 0 Å². The summed E-state index contributed by atoms with van der Waals surface area (Å²) in [6, 6.07) is 11.7. The molecule has 23 heavy (non-hydrogen) atoms. The summed E-state index contributed by atoms with van der Waals surface area (Å²) in [5, 5.41) is 12.9. The maximum atomic E-state index is 8.96. The number of hydrogen-bond acceptors (Lipinski definition) is 4. The third kappa shape index (κ3) is 4.30. The molecule has 0 saturated heterocycles. The summed E-state index contributed by atoms with van der Waals surface area (Å²) < 4.78 is 10.7. The maximum absolute atomic E-state index is 8.96. The van der Waals surface area contributed by atoms with Crippen molar-refractivity contribution in [3.63, 3.8) is 0 Å². The molecule has 5 heteroatoms. The summed E-state index contributed by atoms with van der Waals surface area (Å²) in [6.07, 6.45) is 0.664. The molecule has 0 aliphatic rings. The van der Waals surface area contributed by atoms with Crippen molar-refractivity contribution in [1.82, 2.24) is 0 Å². The van der Waals surface area contributed by atoms with Gasteiger partial charge in [-0.25, -0.2) is 0 Å². The number of halogens is 1. The van der Waals surface area contributed by atoms with Gasteiger partial charge < -0.3 is 19.9 Å². The first-order valence-corrected chi connectivity index (χ1v) is 7.84. The van der Waals surface area contributed by atoms with Crippen molar-refractivity contribution < 1.29 is 14.6 Å². The lowest BCUT2D eigenvalue weighted by atomic mass is 10.1. The van der Waals surface area contributed by atoms with Crippen LogP contribution in [0.25, 0.3) is 0 Å². The SMILES string of the molecule is COc1cc(OC)c(C(C)Nc2ccc(CCO)cc2)cc1Cl. The van der Waals surface area contributed by atoms with Crippen LogP contribution in [0.2, 0.25) is 5.02 Å². The van der Waals surface area contributed by atoms with E-state index in [1.54, 1.807) is 20.3 Å². The first-order valence-electron chi connectivity index (χ1n) is 7.46. The van der Waals surface area contributed by atoms with E-state index in [1.807, 2.05) is 37.3 Å². The Morgan fingerprint density at radius 3 is 2.30 bits per heavy atom. The Kier molecular flexibility index (Phi) is 6.13. The summed E-state index contributed by atoms with van der Waals surface area (Å²) in [5.74, 6) is 1.32. The molecule has 0 aliphatic carbocycles. The molecular formula is C18H22ClNO3. The normalized spacial score (nSPS) is 11.9. The number of benzene rings is 2. The fraction of sp³-hybridized carbons (Fsp3) is 0.333. The zero-order valence-corrected chi connectivity index (χ0v) is 14.4. The number of hydrogen-bond donors (Lipinski definition) is 2. The summed E-state index contributed by atoms with van der Waals surface area (Å²) in [5.41, 5.74) is 3.06. The third-order valence-corrected chi connectivity index (χ3v) is 4.00. The second kappa shape index (κ2) is 8.09. The van der Waals surface area contributed by atoms with Gasteiger partial charge in [0.05, 0.1) is 25.3 Å². The summed E-state index contributed by atoms with van der Waals surface area (Å²) in [4.78, 5) is 0. The molecule has 2 rings (SSSR count). The fourth-order valence-corrected chi connectivity index (χ4v) is 2.70. The minimum atomic E-state index is 0.0112. The van der Waals surface area contributed by atoms with Crippen LogP contribution in [0, 0.1) is 0 Å². The minimum absolute atomic E-state index is 0.0112. The Morgan fingerprint density at radius 1 is 1.09 bits per heavy atom. The molecule has 0 aliphatic heterocycles. The van der Waals surface area contributed by atoms with E-state index in [4.69, 9.17) is 26.2 Å². The highest BCUT2D eigenvalue weighted by atomic mass is 35.5. The smallest absolute Gasteiger partial charge is 0.141 e. The molecule has 0 fully saturated rings. The lowest BCUT2D eigenvalue weighted by Crippen LogP contribution is -2.08. The van der Waals surface area contributed by atoms with Crippen LogP contribution in [0.4, 0.5) is 5.69 Å². The molecule has 0 bridgehead atoms. The monoisotopic (exact) mass is 335 g/mol. The molecule has 4 nitrogen and oxygen atoms in total. The molecule has 0 amide bonds. The van der Waals surface area contributed by atoms with Crippen molar-refractivity contribution in [2.45, 2.75) is 19.4 Å². The largest absolute Gasteiger partial charge is 0.496 e. The van der Waals surface area contributed by atoms with Gasteiger partial charge in [-0.15, -0.1) is 0 Å². The quantitative estimate of drug-likeness (QED) is 0.801. The van der Waals surface area contributed by atoms with Gasteiger partial charge >= 0.3 is 0 Å². The average Bonchev–Trinajstić information content (AvgIpc) is 2.56. The average molecular weight is 336 g/mol. The van der Waals surface area contributed by atoms with Crippen molar-refractivity contribution in [3.8, 4) is 11.5 Å². The van der Waals surface area contributed by atoms with Crippen molar-refractivity contribution >= 4 is 17.3 Å². The molecule has 0 aromatic heterocycles. The molecule has 1 atom stereocenters. The Hall–Kier alpha value is -1.91. The lowest BCUT2D eigenvalue weighted by molar-refractivity contribution is 0.299. The van der Waals surface area contributed by atoms with E-state index < -0.39 is 0 Å². The molecular weight excluding hydrogens is 314 g/mol. The fourth-order valence-electron chi connectivity index (χ4n) is 2.45. The number of rotatable bonds is 7. The van der Waals surface area contributed by atoms with E-state index in [0.29, 0.717) is 17.2 Å². The van der Waals surface area contributed by atoms with Crippen molar-refractivity contribution in [2.75, 3.05) is 26.1 Å². The lowest BCUT2D eigenvalue weighted by Gasteiger charge is -2.20. The summed E-state index contributed by atoms with van der Waals surface area (Å²) in [7, 11) is 3.21. The minimum Gasteiger partial charge on any atom is -0.496 e. The van der Waals surface area contributed by atoms with Gasteiger partial charge in [0.25, 0.3) is 0 Å². The topological polar surface area (TPSA) is 50.7 Å². The van der Waals surface area contributed by atoms with Crippen molar-refractivity contribution in [2.24, 2.45) is 0 Å². The van der Waals surface area contributed by atoms with Crippen LogP contribution in [-0.4, -0.2) is 25.9 Å². The highest BCUT2D eigenvalue weighted by molar-refractivity contribution is 6.32. The Balaban J connectivity index is 2.19. The first-order chi connectivity index (χ1) is 11.1. The van der Waals surface area contributed by atoms with E-state index >= 15 is 0 Å². The maximum Gasteiger partial charge on any atom is 0.141 e. The first kappa shape index (κ1) is 17.4. The predicted octanol–water partition coefficient (Wildman–Crippen LogP) is 4.07. The molecule has 1 unspecified atom stereocenters. The van der Waals surface area contributed by atoms with Gasteiger partial charge in [0.15, 0.2) is 0 Å². The van der Waals surface area contributed by atoms with E-state index in [1.165, 1.54) is 0 Å². The van der Waals surface area contributed by atoms with Gasteiger partial charge in [-0.2, -0.15) is 0 Å². The van der Waals surface area contributed by atoms with E-state index in [-0.39, 0.29) is 12.6 Å². The van der Waals surface area contributed by atoms with Crippen LogP contribution < -0.4 is 14.8 Å². The Bertz CT molecular complexity index is 643. The number of nitrogens with one attached hydrogen (secondary N) is 1. The van der Waals surface area contributed by atoms with Gasteiger partial charge in [0, 0.05) is 23.9 Å². The molecule has 2 aromatic carbocycles. The predicted molar refractivity (Wildman–Crippen MR) is 93.8 cm³/mol. The number of aliphatic hydroxyl groups is 1. The second-order valence-electron chi connectivity index (χ2n) is 5.27. The number of aliphatic hydroxyl groups excluding tert-OH is 1. The molecule has 2 aromatic rings. The Morgan fingerprint density at radius 2 is 1.74 bits per heavy atom. The second-order valence-corrected chi connectivity index (χ2v) is 5.67. The van der Waals surface area contributed by atoms with Crippen LogP contribution >= 0.6 is 11.6 Å². The molecule has 2 N–H and O–H groups in total. The Labute approximate surface area is 142 Å². The molecule has 124 valence electrons. The van der Waals surface area contributed by atoms with Crippen LogP contribution in [0.3, 0.4) is 0 Å². The highest BCUT2D eigenvalue weighted by Crippen LogP contribution is 2.36. The van der Waals surface area contributed by atoms with Crippen molar-refractivity contribution in [3.05, 3.63) is 52.5 Å². The summed E-state index contributed by atoms with van der Waals surface area (Å²) >= 11 is 6.23. The van der Waals surface area contributed by atoms with Gasteiger partial charge in [0.1, 0.15) is 11.5 Å². The van der Waals surface area contributed by atoms with Crippen LogP contribution in [0.1, 0.15) is 24.1 Å². The number of anilines is 1. The molecule has 0 radical (unpaired) electrons. The van der Waals surface area contributed by atoms with E-state index in [9.17, 15) is 0 Å². The van der Waals surface area contributed by atoms with Crippen LogP contribution in [0.15, 0.2) is 36.4 Å². The van der Waals surface area contributed by atoms with Gasteiger partial charge in [-0.1, -0.05) is 23.7 Å². The van der Waals surface area contributed by atoms with Gasteiger partial charge in [0.2, 0.25) is 0 Å². The number of ether oxygens (including phenoxy) is 2. The third-order valence-electron chi connectivity index (χ3n) is 3.71. The van der Waals surface area contributed by atoms with Gasteiger partial charge in [-0.05, 0) is 37.1 Å². The van der Waals surface area contributed by atoms with Crippen LogP contribution in [-0.2, 0) is 6.42 Å². The molecule has 0 spiro atoms. The number of methoxy groups -OCH3 is 2. The summed E-state index contributed by atoms with van der Waals surface area (Å²) in [6.45, 7) is 2.20. The zero-order chi connectivity index (χ0) is 16.8. The van der Waals surface area contributed by atoms with Gasteiger partial charge in [-0.3, -0.25) is 0 Å². The van der Waals surface area contributed by atoms with E-state index in [2.05, 4.69) is 5.32 Å². The van der Waals surface area contributed by atoms with Crippen LogP contribution in [0.5, 0.6) is 11.5 Å².